The highest BCUT2D eigenvalue weighted by Crippen LogP contribution is 2.22. The SMILES string of the molecule is CC1CCCC(NCC(NC(=O)OC(C)(C)C)C(C)C)CC1. The van der Waals surface area contributed by atoms with Crippen LogP contribution in [0.5, 0.6) is 0 Å². The number of hydrogen-bond acceptors (Lipinski definition) is 3. The summed E-state index contributed by atoms with van der Waals surface area (Å²) in [5.74, 6) is 1.23. The van der Waals surface area contributed by atoms with Crippen molar-refractivity contribution in [3.8, 4) is 0 Å². The summed E-state index contributed by atoms with van der Waals surface area (Å²) >= 11 is 0. The Morgan fingerprint density at radius 3 is 2.45 bits per heavy atom. The molecule has 1 saturated carbocycles. The van der Waals surface area contributed by atoms with Crippen molar-refractivity contribution in [3.63, 3.8) is 0 Å². The van der Waals surface area contributed by atoms with E-state index in [-0.39, 0.29) is 12.1 Å². The molecule has 1 aliphatic rings. The third-order valence-corrected chi connectivity index (χ3v) is 4.39. The summed E-state index contributed by atoms with van der Waals surface area (Å²) in [5.41, 5.74) is -0.448. The highest BCUT2D eigenvalue weighted by atomic mass is 16.6. The zero-order chi connectivity index (χ0) is 16.8. The Hall–Kier alpha value is -0.770. The van der Waals surface area contributed by atoms with Crippen LogP contribution in [0.2, 0.25) is 0 Å². The fourth-order valence-corrected chi connectivity index (χ4v) is 2.90. The van der Waals surface area contributed by atoms with Crippen LogP contribution in [0.15, 0.2) is 0 Å². The van der Waals surface area contributed by atoms with Gasteiger partial charge in [0.05, 0.1) is 0 Å². The van der Waals surface area contributed by atoms with Gasteiger partial charge in [-0.1, -0.05) is 33.6 Å². The van der Waals surface area contributed by atoms with Crippen molar-refractivity contribution in [2.45, 2.75) is 91.3 Å². The number of rotatable bonds is 5. The first-order valence-corrected chi connectivity index (χ1v) is 8.90. The summed E-state index contributed by atoms with van der Waals surface area (Å²) < 4.78 is 5.37. The van der Waals surface area contributed by atoms with E-state index in [0.29, 0.717) is 12.0 Å². The first-order chi connectivity index (χ1) is 10.2. The average Bonchev–Trinajstić information content (AvgIpc) is 2.57. The highest BCUT2D eigenvalue weighted by molar-refractivity contribution is 5.68. The molecule has 1 fully saturated rings. The fourth-order valence-electron chi connectivity index (χ4n) is 2.90. The molecule has 0 aromatic rings. The third kappa shape index (κ3) is 8.02. The van der Waals surface area contributed by atoms with Gasteiger partial charge < -0.3 is 15.4 Å². The lowest BCUT2D eigenvalue weighted by Crippen LogP contribution is -2.48. The fraction of sp³-hybridized carbons (Fsp3) is 0.944. The van der Waals surface area contributed by atoms with Crippen molar-refractivity contribution in [2.24, 2.45) is 11.8 Å². The average molecular weight is 312 g/mol. The van der Waals surface area contributed by atoms with Crippen LogP contribution in [0.3, 0.4) is 0 Å². The van der Waals surface area contributed by atoms with Crippen LogP contribution < -0.4 is 10.6 Å². The predicted octanol–water partition coefficient (Wildman–Crippen LogP) is 4.09. The number of carbonyl (C=O) groups excluding carboxylic acids is 1. The summed E-state index contributed by atoms with van der Waals surface area (Å²) in [5, 5.41) is 6.67. The number of alkyl carbamates (subject to hydrolysis) is 1. The highest BCUT2D eigenvalue weighted by Gasteiger charge is 2.23. The van der Waals surface area contributed by atoms with E-state index in [4.69, 9.17) is 4.74 Å². The summed E-state index contributed by atoms with van der Waals surface area (Å²) in [6, 6.07) is 0.696. The van der Waals surface area contributed by atoms with Crippen molar-refractivity contribution in [1.82, 2.24) is 10.6 Å². The Kier molecular flexibility index (Phi) is 7.67. The van der Waals surface area contributed by atoms with Crippen molar-refractivity contribution < 1.29 is 9.53 Å². The number of nitrogens with one attached hydrogen (secondary N) is 2. The summed E-state index contributed by atoms with van der Waals surface area (Å²) in [6.45, 7) is 13.1. The minimum atomic E-state index is -0.448. The van der Waals surface area contributed by atoms with Gasteiger partial charge in [0.25, 0.3) is 0 Å². The molecule has 130 valence electrons. The van der Waals surface area contributed by atoms with Gasteiger partial charge in [-0.15, -0.1) is 0 Å². The van der Waals surface area contributed by atoms with Gasteiger partial charge in [0.2, 0.25) is 0 Å². The molecule has 4 heteroatoms. The van der Waals surface area contributed by atoms with Gasteiger partial charge >= 0.3 is 6.09 Å². The lowest BCUT2D eigenvalue weighted by Gasteiger charge is -2.27. The molecule has 0 heterocycles. The van der Waals surface area contributed by atoms with E-state index in [0.717, 1.165) is 12.5 Å². The maximum Gasteiger partial charge on any atom is 0.407 e. The zero-order valence-electron chi connectivity index (χ0n) is 15.4. The summed E-state index contributed by atoms with van der Waals surface area (Å²) in [6.07, 6.45) is 6.15. The van der Waals surface area contributed by atoms with Gasteiger partial charge in [-0.3, -0.25) is 0 Å². The Balaban J connectivity index is 2.42. The standard InChI is InChI=1S/C18H36N2O2/c1-13(2)16(20-17(21)22-18(4,5)6)12-19-15-9-7-8-14(3)10-11-15/h13-16,19H,7-12H2,1-6H3,(H,20,21). The van der Waals surface area contributed by atoms with Gasteiger partial charge in [-0.2, -0.15) is 0 Å². The molecule has 0 saturated heterocycles. The second-order valence-corrected chi connectivity index (χ2v) is 8.22. The van der Waals surface area contributed by atoms with E-state index in [1.807, 2.05) is 20.8 Å². The smallest absolute Gasteiger partial charge is 0.407 e. The van der Waals surface area contributed by atoms with Crippen LogP contribution in [-0.4, -0.2) is 30.3 Å². The Labute approximate surface area is 136 Å². The molecule has 1 rings (SSSR count). The van der Waals surface area contributed by atoms with Gasteiger partial charge in [0.1, 0.15) is 5.60 Å². The topological polar surface area (TPSA) is 50.4 Å². The minimum absolute atomic E-state index is 0.107. The lowest BCUT2D eigenvalue weighted by atomic mass is 10.0. The van der Waals surface area contributed by atoms with Crippen LogP contribution in [0.4, 0.5) is 4.79 Å². The normalized spacial score (nSPS) is 24.7. The van der Waals surface area contributed by atoms with Crippen LogP contribution in [0.1, 0.15) is 73.6 Å². The molecule has 3 atom stereocenters. The maximum absolute atomic E-state index is 12.0. The van der Waals surface area contributed by atoms with Crippen LogP contribution in [0.25, 0.3) is 0 Å². The van der Waals surface area contributed by atoms with Crippen molar-refractivity contribution in [1.29, 1.82) is 0 Å². The molecule has 0 spiro atoms. The first-order valence-electron chi connectivity index (χ1n) is 8.90. The van der Waals surface area contributed by atoms with Crippen molar-refractivity contribution in [3.05, 3.63) is 0 Å². The number of ether oxygens (including phenoxy) is 1. The first kappa shape index (κ1) is 19.3. The second-order valence-electron chi connectivity index (χ2n) is 8.22. The molecule has 0 aliphatic heterocycles. The van der Waals surface area contributed by atoms with E-state index in [2.05, 4.69) is 31.4 Å². The molecule has 0 radical (unpaired) electrons. The Morgan fingerprint density at radius 2 is 1.86 bits per heavy atom. The Bertz CT molecular complexity index is 336. The second kappa shape index (κ2) is 8.76. The zero-order valence-corrected chi connectivity index (χ0v) is 15.4. The largest absolute Gasteiger partial charge is 0.444 e. The maximum atomic E-state index is 12.0. The predicted molar refractivity (Wildman–Crippen MR) is 92.0 cm³/mol. The van der Waals surface area contributed by atoms with E-state index in [9.17, 15) is 4.79 Å². The molecule has 22 heavy (non-hydrogen) atoms. The van der Waals surface area contributed by atoms with Gasteiger partial charge in [-0.25, -0.2) is 4.79 Å². The number of amides is 1. The molecule has 2 N–H and O–H groups in total. The van der Waals surface area contributed by atoms with E-state index < -0.39 is 5.60 Å². The molecule has 0 bridgehead atoms. The number of carbonyl (C=O) groups is 1. The molecule has 0 aromatic heterocycles. The molecular weight excluding hydrogens is 276 g/mol. The number of hydrogen-bond donors (Lipinski definition) is 2. The summed E-state index contributed by atoms with van der Waals surface area (Å²) in [7, 11) is 0. The molecule has 1 aliphatic carbocycles. The van der Waals surface area contributed by atoms with Crippen LogP contribution >= 0.6 is 0 Å². The van der Waals surface area contributed by atoms with Crippen molar-refractivity contribution >= 4 is 6.09 Å². The van der Waals surface area contributed by atoms with Gasteiger partial charge in [-0.05, 0) is 51.9 Å². The molecular formula is C18H36N2O2. The third-order valence-electron chi connectivity index (χ3n) is 4.39. The molecule has 0 aromatic carbocycles. The minimum Gasteiger partial charge on any atom is -0.444 e. The van der Waals surface area contributed by atoms with Crippen LogP contribution in [-0.2, 0) is 4.74 Å². The Morgan fingerprint density at radius 1 is 1.18 bits per heavy atom. The van der Waals surface area contributed by atoms with E-state index in [1.165, 1.54) is 32.1 Å². The van der Waals surface area contributed by atoms with Gasteiger partial charge in [0, 0.05) is 18.6 Å². The molecule has 4 nitrogen and oxygen atoms in total. The van der Waals surface area contributed by atoms with Crippen LogP contribution in [0, 0.1) is 11.8 Å². The van der Waals surface area contributed by atoms with E-state index in [1.54, 1.807) is 0 Å². The summed E-state index contributed by atoms with van der Waals surface area (Å²) in [4.78, 5) is 12.0. The van der Waals surface area contributed by atoms with E-state index >= 15 is 0 Å². The molecule has 3 unspecified atom stereocenters. The van der Waals surface area contributed by atoms with Crippen molar-refractivity contribution in [2.75, 3.05) is 6.54 Å². The molecule has 1 amide bonds. The quantitative estimate of drug-likeness (QED) is 0.752. The van der Waals surface area contributed by atoms with Gasteiger partial charge in [0.15, 0.2) is 0 Å². The lowest BCUT2D eigenvalue weighted by molar-refractivity contribution is 0.0489. The monoisotopic (exact) mass is 312 g/mol.